The highest BCUT2D eigenvalue weighted by Gasteiger charge is 2.35. The highest BCUT2D eigenvalue weighted by Crippen LogP contribution is 2.49. The molecule has 2 aliphatic rings. The normalized spacial score (nSPS) is 14.4. The van der Waals surface area contributed by atoms with E-state index in [0.29, 0.717) is 0 Å². The molecule has 0 saturated heterocycles. The standard InChI is InChI=1S/C39H29N3/c1-39(2)34-6-4-3-5-31(34)32-12-10-26(20-35(32)39)25-9-11-30-28(19-25)7-8-29-21-36-37(23-33(29)30)42-18-15-27(22-38(42)41-36)24-13-16-40-17-14-24/h3-6,9-23H,7-8H2,1-2H3. The molecule has 0 atom stereocenters. The molecule has 0 fully saturated rings. The van der Waals surface area contributed by atoms with Crippen molar-refractivity contribution in [3.05, 3.63) is 138 Å². The fourth-order valence-electron chi connectivity index (χ4n) is 7.38. The molecule has 2 aliphatic carbocycles. The van der Waals surface area contributed by atoms with E-state index >= 15 is 0 Å². The molecule has 200 valence electrons. The molecule has 9 rings (SSSR count). The first kappa shape index (κ1) is 23.7. The summed E-state index contributed by atoms with van der Waals surface area (Å²) in [5, 5.41) is 0. The van der Waals surface area contributed by atoms with Gasteiger partial charge < -0.3 is 0 Å². The first-order valence-corrected chi connectivity index (χ1v) is 14.8. The Balaban J connectivity index is 1.12. The van der Waals surface area contributed by atoms with Gasteiger partial charge in [0, 0.05) is 24.0 Å². The monoisotopic (exact) mass is 539 g/mol. The summed E-state index contributed by atoms with van der Waals surface area (Å²) >= 11 is 0. The number of hydrogen-bond acceptors (Lipinski definition) is 2. The molecule has 42 heavy (non-hydrogen) atoms. The van der Waals surface area contributed by atoms with Gasteiger partial charge in [0.15, 0.2) is 0 Å². The Kier molecular flexibility index (Phi) is 4.79. The van der Waals surface area contributed by atoms with Crippen LogP contribution in [-0.4, -0.2) is 14.4 Å². The van der Waals surface area contributed by atoms with Crippen molar-refractivity contribution in [1.82, 2.24) is 14.4 Å². The third kappa shape index (κ3) is 3.34. The van der Waals surface area contributed by atoms with Gasteiger partial charge in [0.2, 0.25) is 0 Å². The van der Waals surface area contributed by atoms with Gasteiger partial charge in [-0.1, -0.05) is 68.4 Å². The topological polar surface area (TPSA) is 30.2 Å². The lowest BCUT2D eigenvalue weighted by Gasteiger charge is -2.23. The second kappa shape index (κ2) is 8.50. The zero-order valence-corrected chi connectivity index (χ0v) is 23.7. The Hall–Kier alpha value is -5.02. The minimum absolute atomic E-state index is 0.00748. The second-order valence-corrected chi connectivity index (χ2v) is 12.3. The molecular formula is C39H29N3. The molecule has 7 aromatic rings. The summed E-state index contributed by atoms with van der Waals surface area (Å²) in [6.45, 7) is 4.71. The molecule has 0 spiro atoms. The molecule has 4 aromatic carbocycles. The van der Waals surface area contributed by atoms with Gasteiger partial charge in [-0.25, -0.2) is 4.98 Å². The third-order valence-corrected chi connectivity index (χ3v) is 9.62. The lowest BCUT2D eigenvalue weighted by Crippen LogP contribution is -2.14. The van der Waals surface area contributed by atoms with E-state index in [0.717, 1.165) is 40.6 Å². The van der Waals surface area contributed by atoms with E-state index in [1.165, 1.54) is 55.6 Å². The van der Waals surface area contributed by atoms with E-state index in [-0.39, 0.29) is 5.41 Å². The van der Waals surface area contributed by atoms with E-state index in [1.807, 2.05) is 24.5 Å². The average molecular weight is 540 g/mol. The van der Waals surface area contributed by atoms with Crippen LogP contribution in [0.3, 0.4) is 0 Å². The van der Waals surface area contributed by atoms with Crippen molar-refractivity contribution in [1.29, 1.82) is 0 Å². The highest BCUT2D eigenvalue weighted by atomic mass is 15.0. The highest BCUT2D eigenvalue weighted by molar-refractivity contribution is 5.90. The van der Waals surface area contributed by atoms with Crippen LogP contribution in [0.1, 0.15) is 36.1 Å². The number of aryl methyl sites for hydroxylation is 2. The van der Waals surface area contributed by atoms with Crippen molar-refractivity contribution in [2.45, 2.75) is 32.1 Å². The van der Waals surface area contributed by atoms with Crippen LogP contribution in [0, 0.1) is 0 Å². The van der Waals surface area contributed by atoms with E-state index in [2.05, 4.69) is 114 Å². The fraction of sp³-hybridized carbons (Fsp3) is 0.128. The fourth-order valence-corrected chi connectivity index (χ4v) is 7.38. The van der Waals surface area contributed by atoms with Crippen molar-refractivity contribution in [3.63, 3.8) is 0 Å². The van der Waals surface area contributed by atoms with Gasteiger partial charge >= 0.3 is 0 Å². The minimum atomic E-state index is 0.00748. The summed E-state index contributed by atoms with van der Waals surface area (Å²) in [5.74, 6) is 0. The Labute approximate surface area is 245 Å². The van der Waals surface area contributed by atoms with Crippen molar-refractivity contribution >= 4 is 16.7 Å². The molecule has 0 bridgehead atoms. The van der Waals surface area contributed by atoms with Gasteiger partial charge in [-0.3, -0.25) is 9.38 Å². The predicted molar refractivity (Wildman–Crippen MR) is 172 cm³/mol. The van der Waals surface area contributed by atoms with Crippen LogP contribution in [0.5, 0.6) is 0 Å². The average Bonchev–Trinajstić information content (AvgIpc) is 3.50. The minimum Gasteiger partial charge on any atom is -0.300 e. The molecule has 3 aromatic heterocycles. The second-order valence-electron chi connectivity index (χ2n) is 12.3. The van der Waals surface area contributed by atoms with Crippen LogP contribution in [0.4, 0.5) is 0 Å². The van der Waals surface area contributed by atoms with Crippen LogP contribution >= 0.6 is 0 Å². The summed E-state index contributed by atoms with van der Waals surface area (Å²) in [6, 6.07) is 36.1. The van der Waals surface area contributed by atoms with Crippen molar-refractivity contribution in [3.8, 4) is 44.5 Å². The first-order chi connectivity index (χ1) is 20.5. The smallest absolute Gasteiger partial charge is 0.138 e. The number of benzene rings is 4. The first-order valence-electron chi connectivity index (χ1n) is 14.8. The quantitative estimate of drug-likeness (QED) is 0.219. The number of fused-ring (bicyclic) bond motifs is 9. The summed E-state index contributed by atoms with van der Waals surface area (Å²) in [6.07, 6.45) is 7.90. The molecule has 0 aliphatic heterocycles. The van der Waals surface area contributed by atoms with Crippen molar-refractivity contribution in [2.24, 2.45) is 0 Å². The van der Waals surface area contributed by atoms with E-state index in [9.17, 15) is 0 Å². The van der Waals surface area contributed by atoms with Gasteiger partial charge in [0.1, 0.15) is 5.65 Å². The van der Waals surface area contributed by atoms with E-state index < -0.39 is 0 Å². The van der Waals surface area contributed by atoms with Crippen LogP contribution in [0.15, 0.2) is 116 Å². The van der Waals surface area contributed by atoms with Crippen LogP contribution in [0.25, 0.3) is 61.2 Å². The molecule has 3 nitrogen and oxygen atoms in total. The number of rotatable bonds is 2. The maximum atomic E-state index is 5.02. The molecule has 3 heteroatoms. The van der Waals surface area contributed by atoms with Gasteiger partial charge in [-0.2, -0.15) is 0 Å². The molecule has 0 N–H and O–H groups in total. The van der Waals surface area contributed by atoms with Gasteiger partial charge in [0.05, 0.1) is 11.0 Å². The zero-order valence-electron chi connectivity index (χ0n) is 23.7. The molecule has 0 saturated carbocycles. The largest absolute Gasteiger partial charge is 0.300 e. The Morgan fingerprint density at radius 2 is 1.31 bits per heavy atom. The molecule has 0 amide bonds. The van der Waals surface area contributed by atoms with E-state index in [4.69, 9.17) is 4.98 Å². The number of hydrogen-bond donors (Lipinski definition) is 0. The Bertz CT molecular complexity index is 2220. The Morgan fingerprint density at radius 3 is 2.17 bits per heavy atom. The van der Waals surface area contributed by atoms with Crippen LogP contribution in [0.2, 0.25) is 0 Å². The summed E-state index contributed by atoms with van der Waals surface area (Å²) in [7, 11) is 0. The summed E-state index contributed by atoms with van der Waals surface area (Å²) in [4.78, 5) is 9.18. The lowest BCUT2D eigenvalue weighted by atomic mass is 9.81. The molecule has 0 radical (unpaired) electrons. The molecule has 3 heterocycles. The van der Waals surface area contributed by atoms with Crippen molar-refractivity contribution < 1.29 is 0 Å². The molecular weight excluding hydrogens is 510 g/mol. The lowest BCUT2D eigenvalue weighted by molar-refractivity contribution is 0.660. The zero-order chi connectivity index (χ0) is 28.0. The summed E-state index contributed by atoms with van der Waals surface area (Å²) in [5.41, 5.74) is 19.2. The van der Waals surface area contributed by atoms with E-state index in [1.54, 1.807) is 0 Å². The number of imidazole rings is 1. The summed E-state index contributed by atoms with van der Waals surface area (Å²) < 4.78 is 2.22. The maximum absolute atomic E-state index is 5.02. The number of aromatic nitrogens is 3. The van der Waals surface area contributed by atoms with Crippen LogP contribution in [-0.2, 0) is 18.3 Å². The van der Waals surface area contributed by atoms with Gasteiger partial charge in [-0.15, -0.1) is 0 Å². The molecule has 0 unspecified atom stereocenters. The SMILES string of the molecule is CC1(C)c2ccccc2-c2ccc(-c3ccc4c(c3)CCc3cc5nc6cc(-c7ccncc7)ccn6c5cc3-4)cc21. The van der Waals surface area contributed by atoms with Gasteiger partial charge in [-0.05, 0) is 122 Å². The number of nitrogens with zero attached hydrogens (tertiary/aromatic N) is 3. The van der Waals surface area contributed by atoms with Crippen molar-refractivity contribution in [2.75, 3.05) is 0 Å². The Morgan fingerprint density at radius 1 is 0.595 bits per heavy atom. The maximum Gasteiger partial charge on any atom is 0.138 e. The van der Waals surface area contributed by atoms with Crippen LogP contribution < -0.4 is 0 Å². The predicted octanol–water partition coefficient (Wildman–Crippen LogP) is 9.29. The number of pyridine rings is 2. The van der Waals surface area contributed by atoms with Gasteiger partial charge in [0.25, 0.3) is 0 Å². The third-order valence-electron chi connectivity index (χ3n) is 9.62.